The van der Waals surface area contributed by atoms with Crippen LogP contribution in [0.4, 0.5) is 5.82 Å². The topological polar surface area (TPSA) is 78.4 Å². The standard InChI is InChI=1S/C29H33N5O2/c1-21-10-15-27(30-19-21)32-28(35)25-8-5-7-24(31-25)26-9-6-18-34(26)29(36)23-13-11-22(12-14-23)20-33-16-3-2-4-17-33/h5,7-8,10-15,19,26H,2-4,6,9,16-18,20H2,1H3,(H,30,32,35)/t26-/m1/s1. The van der Waals surface area contributed by atoms with Crippen molar-refractivity contribution < 1.29 is 9.59 Å². The summed E-state index contributed by atoms with van der Waals surface area (Å²) in [7, 11) is 0. The van der Waals surface area contributed by atoms with E-state index in [-0.39, 0.29) is 17.9 Å². The van der Waals surface area contributed by atoms with E-state index in [1.165, 1.54) is 24.8 Å². The molecule has 186 valence electrons. The third-order valence-corrected chi connectivity index (χ3v) is 7.07. The number of carbonyl (C=O) groups excluding carboxylic acids is 2. The number of carbonyl (C=O) groups is 2. The summed E-state index contributed by atoms with van der Waals surface area (Å²) in [5.74, 6) is 0.190. The Labute approximate surface area is 212 Å². The lowest BCUT2D eigenvalue weighted by atomic mass is 10.1. The summed E-state index contributed by atoms with van der Waals surface area (Å²) in [5, 5.41) is 2.80. The van der Waals surface area contributed by atoms with Gasteiger partial charge in [-0.15, -0.1) is 0 Å². The van der Waals surface area contributed by atoms with Gasteiger partial charge in [0.25, 0.3) is 11.8 Å². The summed E-state index contributed by atoms with van der Waals surface area (Å²) in [6, 6.07) is 17.0. The van der Waals surface area contributed by atoms with E-state index in [2.05, 4.69) is 32.3 Å². The Morgan fingerprint density at radius 3 is 2.50 bits per heavy atom. The first kappa shape index (κ1) is 24.1. The Kier molecular flexibility index (Phi) is 7.37. The quantitative estimate of drug-likeness (QED) is 0.534. The summed E-state index contributed by atoms with van der Waals surface area (Å²) < 4.78 is 0. The Bertz CT molecular complexity index is 1200. The van der Waals surface area contributed by atoms with E-state index in [0.29, 0.717) is 23.6 Å². The fourth-order valence-corrected chi connectivity index (χ4v) is 5.10. The van der Waals surface area contributed by atoms with Crippen LogP contribution in [0.3, 0.4) is 0 Å². The number of aromatic nitrogens is 2. The van der Waals surface area contributed by atoms with Crippen molar-refractivity contribution >= 4 is 17.6 Å². The molecule has 3 aromatic rings. The lowest BCUT2D eigenvalue weighted by Crippen LogP contribution is -2.31. The Morgan fingerprint density at radius 1 is 0.944 bits per heavy atom. The van der Waals surface area contributed by atoms with Crippen LogP contribution in [0, 0.1) is 6.92 Å². The van der Waals surface area contributed by atoms with Gasteiger partial charge in [0.05, 0.1) is 11.7 Å². The Hall–Kier alpha value is -3.58. The molecule has 0 unspecified atom stereocenters. The van der Waals surface area contributed by atoms with Crippen molar-refractivity contribution in [3.63, 3.8) is 0 Å². The summed E-state index contributed by atoms with van der Waals surface area (Å²) in [5.41, 5.74) is 4.03. The SMILES string of the molecule is Cc1ccc(NC(=O)c2cccc([C@H]3CCCN3C(=O)c3ccc(CN4CCCCC4)cc3)n2)nc1. The molecule has 4 heterocycles. The van der Waals surface area contributed by atoms with Crippen LogP contribution in [0.2, 0.25) is 0 Å². The highest BCUT2D eigenvalue weighted by Crippen LogP contribution is 2.32. The van der Waals surface area contributed by atoms with Gasteiger partial charge in [-0.1, -0.05) is 30.7 Å². The number of likely N-dealkylation sites (tertiary alicyclic amines) is 2. The van der Waals surface area contributed by atoms with Crippen molar-refractivity contribution in [2.24, 2.45) is 0 Å². The first-order valence-electron chi connectivity index (χ1n) is 12.9. The van der Waals surface area contributed by atoms with Crippen LogP contribution in [0.25, 0.3) is 0 Å². The molecule has 7 heteroatoms. The molecule has 2 aliphatic rings. The molecule has 2 aromatic heterocycles. The van der Waals surface area contributed by atoms with E-state index in [0.717, 1.165) is 43.7 Å². The van der Waals surface area contributed by atoms with Gasteiger partial charge < -0.3 is 10.2 Å². The number of rotatable bonds is 6. The number of aryl methyl sites for hydroxylation is 1. The van der Waals surface area contributed by atoms with Gasteiger partial charge in [-0.05, 0) is 87.2 Å². The van der Waals surface area contributed by atoms with Gasteiger partial charge in [0.1, 0.15) is 11.5 Å². The lowest BCUT2D eigenvalue weighted by molar-refractivity contribution is 0.0733. The van der Waals surface area contributed by atoms with Crippen molar-refractivity contribution in [3.8, 4) is 0 Å². The average Bonchev–Trinajstić information content (AvgIpc) is 3.41. The monoisotopic (exact) mass is 483 g/mol. The molecule has 1 N–H and O–H groups in total. The first-order chi connectivity index (χ1) is 17.6. The molecular formula is C29H33N5O2. The third kappa shape index (κ3) is 5.62. The molecule has 0 spiro atoms. The fraction of sp³-hybridized carbons (Fsp3) is 0.379. The fourth-order valence-electron chi connectivity index (χ4n) is 5.10. The normalized spacial score (nSPS) is 18.2. The molecule has 0 saturated carbocycles. The highest BCUT2D eigenvalue weighted by Gasteiger charge is 2.32. The molecule has 2 saturated heterocycles. The smallest absolute Gasteiger partial charge is 0.275 e. The minimum absolute atomic E-state index is 0.0162. The van der Waals surface area contributed by atoms with Crippen LogP contribution in [-0.2, 0) is 6.54 Å². The number of benzene rings is 1. The maximum Gasteiger partial charge on any atom is 0.275 e. The van der Waals surface area contributed by atoms with E-state index in [1.807, 2.05) is 42.2 Å². The van der Waals surface area contributed by atoms with Crippen molar-refractivity contribution in [2.75, 3.05) is 25.0 Å². The van der Waals surface area contributed by atoms with Gasteiger partial charge in [-0.2, -0.15) is 0 Å². The molecule has 36 heavy (non-hydrogen) atoms. The van der Waals surface area contributed by atoms with Crippen molar-refractivity contribution in [3.05, 3.63) is 88.9 Å². The second-order valence-corrected chi connectivity index (χ2v) is 9.81. The van der Waals surface area contributed by atoms with Gasteiger partial charge in [0, 0.05) is 24.8 Å². The maximum atomic E-state index is 13.4. The van der Waals surface area contributed by atoms with E-state index < -0.39 is 0 Å². The van der Waals surface area contributed by atoms with Gasteiger partial charge in [-0.3, -0.25) is 14.5 Å². The molecule has 7 nitrogen and oxygen atoms in total. The van der Waals surface area contributed by atoms with E-state index in [1.54, 1.807) is 18.3 Å². The molecule has 0 bridgehead atoms. The first-order valence-corrected chi connectivity index (χ1v) is 12.9. The zero-order valence-electron chi connectivity index (χ0n) is 20.8. The van der Waals surface area contributed by atoms with Gasteiger partial charge in [0.15, 0.2) is 0 Å². The zero-order chi connectivity index (χ0) is 24.9. The minimum atomic E-state index is -0.312. The molecular weight excluding hydrogens is 450 g/mol. The molecule has 2 fully saturated rings. The number of amides is 2. The van der Waals surface area contributed by atoms with E-state index >= 15 is 0 Å². The Balaban J connectivity index is 1.26. The number of piperidine rings is 1. The Morgan fingerprint density at radius 2 is 1.75 bits per heavy atom. The lowest BCUT2D eigenvalue weighted by Gasteiger charge is -2.27. The van der Waals surface area contributed by atoms with Crippen molar-refractivity contribution in [1.82, 2.24) is 19.8 Å². The van der Waals surface area contributed by atoms with Gasteiger partial charge >= 0.3 is 0 Å². The molecule has 2 aliphatic heterocycles. The predicted octanol–water partition coefficient (Wildman–Crippen LogP) is 5.00. The number of hydrogen-bond donors (Lipinski definition) is 1. The number of anilines is 1. The number of pyridine rings is 2. The van der Waals surface area contributed by atoms with Crippen LogP contribution in [0.5, 0.6) is 0 Å². The van der Waals surface area contributed by atoms with Gasteiger partial charge in [-0.25, -0.2) is 9.97 Å². The van der Waals surface area contributed by atoms with Crippen LogP contribution >= 0.6 is 0 Å². The summed E-state index contributed by atoms with van der Waals surface area (Å²) in [6.45, 7) is 5.88. The maximum absolute atomic E-state index is 13.4. The average molecular weight is 484 g/mol. The number of hydrogen-bond acceptors (Lipinski definition) is 5. The molecule has 1 atom stereocenters. The summed E-state index contributed by atoms with van der Waals surface area (Å²) >= 11 is 0. The summed E-state index contributed by atoms with van der Waals surface area (Å²) in [4.78, 5) is 39.5. The molecule has 1 aromatic carbocycles. The van der Waals surface area contributed by atoms with E-state index in [4.69, 9.17) is 0 Å². The van der Waals surface area contributed by atoms with Crippen molar-refractivity contribution in [2.45, 2.75) is 51.6 Å². The third-order valence-electron chi connectivity index (χ3n) is 7.07. The molecule has 0 aliphatic carbocycles. The van der Waals surface area contributed by atoms with Crippen molar-refractivity contribution in [1.29, 1.82) is 0 Å². The molecule has 0 radical (unpaired) electrons. The zero-order valence-corrected chi connectivity index (χ0v) is 20.8. The number of nitrogens with one attached hydrogen (secondary N) is 1. The number of nitrogens with zero attached hydrogens (tertiary/aromatic N) is 4. The minimum Gasteiger partial charge on any atom is -0.330 e. The highest BCUT2D eigenvalue weighted by atomic mass is 16.2. The molecule has 5 rings (SSSR count). The van der Waals surface area contributed by atoms with Crippen LogP contribution in [0.15, 0.2) is 60.8 Å². The van der Waals surface area contributed by atoms with Crippen LogP contribution in [-0.4, -0.2) is 51.2 Å². The van der Waals surface area contributed by atoms with Gasteiger partial charge in [0.2, 0.25) is 0 Å². The largest absolute Gasteiger partial charge is 0.330 e. The van der Waals surface area contributed by atoms with Crippen LogP contribution < -0.4 is 5.32 Å². The van der Waals surface area contributed by atoms with E-state index in [9.17, 15) is 9.59 Å². The second kappa shape index (κ2) is 11.0. The summed E-state index contributed by atoms with van der Waals surface area (Å²) in [6.07, 6.45) is 7.32. The highest BCUT2D eigenvalue weighted by molar-refractivity contribution is 6.02. The predicted molar refractivity (Wildman–Crippen MR) is 140 cm³/mol. The van der Waals surface area contributed by atoms with Crippen LogP contribution in [0.1, 0.15) is 75.8 Å². The molecule has 2 amide bonds. The second-order valence-electron chi connectivity index (χ2n) is 9.81.